The molecule has 1 unspecified atom stereocenters. The third-order valence-corrected chi connectivity index (χ3v) is 4.08. The number of rotatable bonds is 3. The van der Waals surface area contributed by atoms with Gasteiger partial charge in [-0.15, -0.1) is 0 Å². The van der Waals surface area contributed by atoms with Crippen molar-refractivity contribution >= 4 is 0 Å². The van der Waals surface area contributed by atoms with Crippen LogP contribution in [-0.4, -0.2) is 44.9 Å². The SMILES string of the molecule is COc1cccc2c1OCCCN(CC1CCOC1)C2. The Morgan fingerprint density at radius 1 is 1.35 bits per heavy atom. The van der Waals surface area contributed by atoms with Crippen LogP contribution in [0.25, 0.3) is 0 Å². The van der Waals surface area contributed by atoms with Crippen molar-refractivity contribution in [2.24, 2.45) is 5.92 Å². The fraction of sp³-hybridized carbons (Fsp3) is 0.625. The van der Waals surface area contributed by atoms with Crippen molar-refractivity contribution in [3.05, 3.63) is 23.8 Å². The summed E-state index contributed by atoms with van der Waals surface area (Å²) in [6.45, 7) is 5.74. The fourth-order valence-corrected chi connectivity index (χ4v) is 3.04. The first kappa shape index (κ1) is 13.7. The lowest BCUT2D eigenvalue weighted by atomic mass is 10.1. The molecule has 0 radical (unpaired) electrons. The van der Waals surface area contributed by atoms with Crippen molar-refractivity contribution in [2.75, 3.05) is 40.0 Å². The van der Waals surface area contributed by atoms with E-state index in [0.717, 1.165) is 57.4 Å². The number of nitrogens with zero attached hydrogens (tertiary/aromatic N) is 1. The van der Waals surface area contributed by atoms with Crippen LogP contribution in [-0.2, 0) is 11.3 Å². The van der Waals surface area contributed by atoms with Crippen LogP contribution in [0.1, 0.15) is 18.4 Å². The Kier molecular flexibility index (Phi) is 4.43. The summed E-state index contributed by atoms with van der Waals surface area (Å²) in [4.78, 5) is 2.53. The van der Waals surface area contributed by atoms with E-state index in [1.807, 2.05) is 12.1 Å². The summed E-state index contributed by atoms with van der Waals surface area (Å²) in [7, 11) is 1.70. The lowest BCUT2D eigenvalue weighted by Gasteiger charge is -2.28. The number of methoxy groups -OCH3 is 1. The largest absolute Gasteiger partial charge is 0.493 e. The van der Waals surface area contributed by atoms with E-state index in [1.54, 1.807) is 7.11 Å². The molecule has 110 valence electrons. The molecule has 4 nitrogen and oxygen atoms in total. The molecule has 20 heavy (non-hydrogen) atoms. The van der Waals surface area contributed by atoms with Crippen LogP contribution < -0.4 is 9.47 Å². The van der Waals surface area contributed by atoms with Gasteiger partial charge < -0.3 is 14.2 Å². The van der Waals surface area contributed by atoms with Crippen LogP contribution in [0.3, 0.4) is 0 Å². The van der Waals surface area contributed by atoms with Gasteiger partial charge in [0.05, 0.1) is 20.3 Å². The van der Waals surface area contributed by atoms with E-state index in [-0.39, 0.29) is 0 Å². The van der Waals surface area contributed by atoms with Gasteiger partial charge in [-0.3, -0.25) is 4.90 Å². The number of hydrogen-bond donors (Lipinski definition) is 0. The summed E-state index contributed by atoms with van der Waals surface area (Å²) in [6.07, 6.45) is 2.25. The van der Waals surface area contributed by atoms with Crippen molar-refractivity contribution < 1.29 is 14.2 Å². The Balaban J connectivity index is 1.75. The molecule has 2 heterocycles. The molecule has 0 N–H and O–H groups in total. The predicted molar refractivity (Wildman–Crippen MR) is 77.3 cm³/mol. The van der Waals surface area contributed by atoms with Gasteiger partial charge in [0.2, 0.25) is 0 Å². The molecule has 0 aliphatic carbocycles. The molecule has 1 fully saturated rings. The van der Waals surface area contributed by atoms with Crippen molar-refractivity contribution in [1.82, 2.24) is 4.90 Å². The number of ether oxygens (including phenoxy) is 3. The third-order valence-electron chi connectivity index (χ3n) is 4.08. The van der Waals surface area contributed by atoms with Crippen molar-refractivity contribution in [3.8, 4) is 11.5 Å². The van der Waals surface area contributed by atoms with Crippen LogP contribution in [0.4, 0.5) is 0 Å². The highest BCUT2D eigenvalue weighted by molar-refractivity contribution is 5.46. The topological polar surface area (TPSA) is 30.9 Å². The number of para-hydroxylation sites is 1. The Morgan fingerprint density at radius 3 is 3.10 bits per heavy atom. The Bertz CT molecular complexity index is 443. The lowest BCUT2D eigenvalue weighted by molar-refractivity contribution is 0.153. The zero-order valence-corrected chi connectivity index (χ0v) is 12.1. The summed E-state index contributed by atoms with van der Waals surface area (Å²) in [6, 6.07) is 6.15. The van der Waals surface area contributed by atoms with Gasteiger partial charge in [-0.1, -0.05) is 12.1 Å². The maximum absolute atomic E-state index is 5.89. The average Bonchev–Trinajstić information content (AvgIpc) is 2.94. The van der Waals surface area contributed by atoms with Gasteiger partial charge in [-0.2, -0.15) is 0 Å². The Morgan fingerprint density at radius 2 is 2.30 bits per heavy atom. The highest BCUT2D eigenvalue weighted by Crippen LogP contribution is 2.33. The smallest absolute Gasteiger partial charge is 0.165 e. The Hall–Kier alpha value is -1.26. The summed E-state index contributed by atoms with van der Waals surface area (Å²) in [5.41, 5.74) is 1.22. The summed E-state index contributed by atoms with van der Waals surface area (Å²) < 4.78 is 16.8. The quantitative estimate of drug-likeness (QED) is 0.848. The van der Waals surface area contributed by atoms with Crippen LogP contribution >= 0.6 is 0 Å². The maximum atomic E-state index is 5.89. The van der Waals surface area contributed by atoms with Gasteiger partial charge in [-0.25, -0.2) is 0 Å². The minimum atomic E-state index is 0.685. The van der Waals surface area contributed by atoms with Gasteiger partial charge >= 0.3 is 0 Å². The number of fused-ring (bicyclic) bond motifs is 1. The zero-order valence-electron chi connectivity index (χ0n) is 12.1. The summed E-state index contributed by atoms with van der Waals surface area (Å²) in [5.74, 6) is 2.44. The minimum absolute atomic E-state index is 0.685. The average molecular weight is 277 g/mol. The second kappa shape index (κ2) is 6.46. The molecule has 2 aliphatic rings. The molecule has 3 rings (SSSR count). The van der Waals surface area contributed by atoms with Gasteiger partial charge in [0, 0.05) is 31.8 Å². The second-order valence-electron chi connectivity index (χ2n) is 5.62. The fourth-order valence-electron chi connectivity index (χ4n) is 3.04. The van der Waals surface area contributed by atoms with E-state index in [9.17, 15) is 0 Å². The first-order valence-electron chi connectivity index (χ1n) is 7.45. The van der Waals surface area contributed by atoms with E-state index in [4.69, 9.17) is 14.2 Å². The Labute approximate surface area is 120 Å². The monoisotopic (exact) mass is 277 g/mol. The standard InChI is InChI=1S/C16H23NO3/c1-18-15-5-2-4-14-11-17(7-3-8-20-16(14)15)10-13-6-9-19-12-13/h2,4-5,13H,3,6-12H2,1H3. The van der Waals surface area contributed by atoms with Crippen molar-refractivity contribution in [1.29, 1.82) is 0 Å². The molecular formula is C16H23NO3. The highest BCUT2D eigenvalue weighted by atomic mass is 16.5. The number of benzene rings is 1. The normalized spacial score (nSPS) is 23.6. The van der Waals surface area contributed by atoms with Gasteiger partial charge in [0.15, 0.2) is 11.5 Å². The van der Waals surface area contributed by atoms with E-state index >= 15 is 0 Å². The highest BCUT2D eigenvalue weighted by Gasteiger charge is 2.22. The van der Waals surface area contributed by atoms with Crippen molar-refractivity contribution in [3.63, 3.8) is 0 Å². The maximum Gasteiger partial charge on any atom is 0.165 e. The molecule has 1 aromatic carbocycles. The molecular weight excluding hydrogens is 254 g/mol. The molecule has 1 atom stereocenters. The van der Waals surface area contributed by atoms with E-state index < -0.39 is 0 Å². The molecule has 0 spiro atoms. The van der Waals surface area contributed by atoms with Crippen LogP contribution in [0.2, 0.25) is 0 Å². The molecule has 1 aromatic rings. The van der Waals surface area contributed by atoms with E-state index in [1.165, 1.54) is 12.0 Å². The van der Waals surface area contributed by atoms with Crippen molar-refractivity contribution in [2.45, 2.75) is 19.4 Å². The van der Waals surface area contributed by atoms with Gasteiger partial charge in [0.1, 0.15) is 0 Å². The molecule has 0 bridgehead atoms. The van der Waals surface area contributed by atoms with Crippen LogP contribution in [0, 0.1) is 5.92 Å². The summed E-state index contributed by atoms with van der Waals surface area (Å²) in [5, 5.41) is 0. The molecule has 0 aromatic heterocycles. The minimum Gasteiger partial charge on any atom is -0.493 e. The summed E-state index contributed by atoms with van der Waals surface area (Å²) >= 11 is 0. The van der Waals surface area contributed by atoms with Gasteiger partial charge in [-0.05, 0) is 24.8 Å². The first-order chi connectivity index (χ1) is 9.86. The van der Waals surface area contributed by atoms with E-state index in [0.29, 0.717) is 5.92 Å². The zero-order chi connectivity index (χ0) is 13.8. The molecule has 0 amide bonds. The van der Waals surface area contributed by atoms with Gasteiger partial charge in [0.25, 0.3) is 0 Å². The number of hydrogen-bond acceptors (Lipinski definition) is 4. The molecule has 4 heteroatoms. The molecule has 0 saturated carbocycles. The third kappa shape index (κ3) is 3.07. The lowest BCUT2D eigenvalue weighted by Crippen LogP contribution is -2.32. The molecule has 1 saturated heterocycles. The first-order valence-corrected chi connectivity index (χ1v) is 7.45. The molecule has 2 aliphatic heterocycles. The van der Waals surface area contributed by atoms with E-state index in [2.05, 4.69) is 11.0 Å². The predicted octanol–water partition coefficient (Wildman–Crippen LogP) is 2.32. The van der Waals surface area contributed by atoms with Crippen LogP contribution in [0.5, 0.6) is 11.5 Å². The second-order valence-corrected chi connectivity index (χ2v) is 5.62. The van der Waals surface area contributed by atoms with Crippen LogP contribution in [0.15, 0.2) is 18.2 Å².